The number of aryl methyl sites for hydroxylation is 1. The lowest BCUT2D eigenvalue weighted by Gasteiger charge is -2.25. The molecule has 2 aromatic rings. The van der Waals surface area contributed by atoms with Crippen LogP contribution in [0.1, 0.15) is 23.6 Å². The van der Waals surface area contributed by atoms with E-state index in [0.717, 1.165) is 47.6 Å². The lowest BCUT2D eigenvalue weighted by atomic mass is 10.1. The average molecular weight is 491 g/mol. The second-order valence-corrected chi connectivity index (χ2v) is 6.43. The molecule has 0 saturated carbocycles. The van der Waals surface area contributed by atoms with Crippen LogP contribution in [0.15, 0.2) is 29.3 Å². The zero-order chi connectivity index (χ0) is 17.6. The third-order valence-electron chi connectivity index (χ3n) is 4.11. The first-order valence-electron chi connectivity index (χ1n) is 8.31. The Bertz CT molecular complexity index is 733. The Morgan fingerprint density at radius 2 is 2.15 bits per heavy atom. The van der Waals surface area contributed by atoms with Gasteiger partial charge in [0.1, 0.15) is 12.4 Å². The number of benzene rings is 1. The summed E-state index contributed by atoms with van der Waals surface area (Å²) < 4.78 is 7.06. The van der Waals surface area contributed by atoms with Gasteiger partial charge in [-0.3, -0.25) is 4.99 Å². The maximum Gasteiger partial charge on any atom is 0.191 e. The van der Waals surface area contributed by atoms with E-state index in [1.54, 1.807) is 14.2 Å². The molecule has 0 aliphatic carbocycles. The molecule has 1 aromatic carbocycles. The highest BCUT2D eigenvalue weighted by Gasteiger charge is 2.22. The number of aliphatic imine (C=N–C) groups is 1. The van der Waals surface area contributed by atoms with Crippen LogP contribution in [-0.4, -0.2) is 40.9 Å². The Morgan fingerprint density at radius 3 is 2.85 bits per heavy atom. The first-order chi connectivity index (χ1) is 12.2. The molecule has 26 heavy (non-hydrogen) atoms. The van der Waals surface area contributed by atoms with Crippen LogP contribution < -0.4 is 10.6 Å². The fraction of sp³-hybridized carbons (Fsp3) is 0.471. The summed E-state index contributed by atoms with van der Waals surface area (Å²) in [6.45, 7) is 1.91. The zero-order valence-corrected chi connectivity index (χ0v) is 18.0. The van der Waals surface area contributed by atoms with Gasteiger partial charge < -0.3 is 15.4 Å². The van der Waals surface area contributed by atoms with Crippen molar-refractivity contribution in [2.75, 3.05) is 14.2 Å². The van der Waals surface area contributed by atoms with Crippen molar-refractivity contribution in [3.05, 3.63) is 46.5 Å². The Labute approximate surface area is 175 Å². The smallest absolute Gasteiger partial charge is 0.191 e. The van der Waals surface area contributed by atoms with Gasteiger partial charge in [-0.15, -0.1) is 24.0 Å². The molecule has 0 fully saturated rings. The molecule has 142 valence electrons. The van der Waals surface area contributed by atoms with Crippen molar-refractivity contribution < 1.29 is 4.74 Å². The number of hydrogen-bond acceptors (Lipinski definition) is 4. The molecule has 0 saturated heterocycles. The van der Waals surface area contributed by atoms with Gasteiger partial charge in [-0.05, 0) is 24.1 Å². The van der Waals surface area contributed by atoms with E-state index < -0.39 is 0 Å². The Morgan fingerprint density at radius 1 is 1.38 bits per heavy atom. The summed E-state index contributed by atoms with van der Waals surface area (Å²) >= 11 is 5.92. The van der Waals surface area contributed by atoms with Crippen LogP contribution in [0.2, 0.25) is 5.02 Å². The van der Waals surface area contributed by atoms with Gasteiger partial charge in [0.15, 0.2) is 11.8 Å². The van der Waals surface area contributed by atoms with E-state index in [1.807, 2.05) is 28.9 Å². The van der Waals surface area contributed by atoms with E-state index in [-0.39, 0.29) is 30.0 Å². The van der Waals surface area contributed by atoms with Crippen molar-refractivity contribution in [3.8, 4) is 0 Å². The molecule has 0 radical (unpaired) electrons. The standard InChI is InChI=1S/C17H23ClN6O.HI/c1-19-17(20-9-12-3-5-13(18)6-4-12)21-14-7-8-16-22-15(11-25-2)23-24(16)10-14;/h3-6,14H,7-11H2,1-2H3,(H2,19,20,21);1H. The van der Waals surface area contributed by atoms with Gasteiger partial charge in [-0.1, -0.05) is 23.7 Å². The van der Waals surface area contributed by atoms with Crippen LogP contribution in [0.25, 0.3) is 0 Å². The van der Waals surface area contributed by atoms with E-state index in [9.17, 15) is 0 Å². The maximum atomic E-state index is 5.92. The number of halogens is 2. The molecule has 1 atom stereocenters. The number of hydrogen-bond donors (Lipinski definition) is 2. The summed E-state index contributed by atoms with van der Waals surface area (Å²) in [4.78, 5) is 8.81. The Hall–Kier alpha value is -1.39. The third kappa shape index (κ3) is 5.55. The molecule has 9 heteroatoms. The van der Waals surface area contributed by atoms with Gasteiger partial charge in [-0.2, -0.15) is 5.10 Å². The molecular formula is C17H24ClIN6O. The summed E-state index contributed by atoms with van der Waals surface area (Å²) in [5.74, 6) is 2.54. The minimum Gasteiger partial charge on any atom is -0.377 e. The molecule has 0 amide bonds. The predicted molar refractivity (Wildman–Crippen MR) is 113 cm³/mol. The third-order valence-corrected chi connectivity index (χ3v) is 4.37. The second kappa shape index (κ2) is 10.1. The highest BCUT2D eigenvalue weighted by atomic mass is 127. The summed E-state index contributed by atoms with van der Waals surface area (Å²) in [5.41, 5.74) is 1.15. The molecule has 1 aliphatic heterocycles. The molecule has 1 unspecified atom stereocenters. The van der Waals surface area contributed by atoms with Gasteiger partial charge in [0.25, 0.3) is 0 Å². The van der Waals surface area contributed by atoms with Gasteiger partial charge in [0, 0.05) is 38.2 Å². The number of aromatic nitrogens is 3. The van der Waals surface area contributed by atoms with E-state index in [0.29, 0.717) is 13.2 Å². The van der Waals surface area contributed by atoms with Gasteiger partial charge in [-0.25, -0.2) is 9.67 Å². The number of methoxy groups -OCH3 is 1. The molecule has 2 N–H and O–H groups in total. The highest BCUT2D eigenvalue weighted by molar-refractivity contribution is 14.0. The van der Waals surface area contributed by atoms with E-state index >= 15 is 0 Å². The fourth-order valence-electron chi connectivity index (χ4n) is 2.84. The number of ether oxygens (including phenoxy) is 1. The van der Waals surface area contributed by atoms with Crippen molar-refractivity contribution >= 4 is 41.5 Å². The fourth-order valence-corrected chi connectivity index (χ4v) is 2.97. The van der Waals surface area contributed by atoms with Crippen LogP contribution in [0, 0.1) is 0 Å². The highest BCUT2D eigenvalue weighted by Crippen LogP contribution is 2.13. The number of rotatable bonds is 5. The molecule has 0 bridgehead atoms. The molecule has 7 nitrogen and oxygen atoms in total. The second-order valence-electron chi connectivity index (χ2n) is 5.99. The predicted octanol–water partition coefficient (Wildman–Crippen LogP) is 2.38. The zero-order valence-electron chi connectivity index (χ0n) is 14.9. The quantitative estimate of drug-likeness (QED) is 0.382. The van der Waals surface area contributed by atoms with Crippen molar-refractivity contribution in [3.63, 3.8) is 0 Å². The number of nitrogens with one attached hydrogen (secondary N) is 2. The van der Waals surface area contributed by atoms with E-state index in [2.05, 4.69) is 25.7 Å². The minimum atomic E-state index is 0. The molecule has 3 rings (SSSR count). The van der Waals surface area contributed by atoms with Crippen molar-refractivity contribution in [1.29, 1.82) is 0 Å². The lowest BCUT2D eigenvalue weighted by molar-refractivity contribution is 0.177. The Kier molecular flexibility index (Phi) is 8.11. The largest absolute Gasteiger partial charge is 0.377 e. The van der Waals surface area contributed by atoms with Gasteiger partial charge in [0.2, 0.25) is 0 Å². The Balaban J connectivity index is 0.00000243. The average Bonchev–Trinajstić information content (AvgIpc) is 3.02. The molecule has 1 aromatic heterocycles. The summed E-state index contributed by atoms with van der Waals surface area (Å²) in [6.07, 6.45) is 1.88. The van der Waals surface area contributed by atoms with Crippen LogP contribution >= 0.6 is 35.6 Å². The SMILES string of the molecule is CN=C(NCc1ccc(Cl)cc1)NC1CCc2nc(COC)nn2C1.I. The summed E-state index contributed by atoms with van der Waals surface area (Å²) in [7, 11) is 3.43. The first-order valence-corrected chi connectivity index (χ1v) is 8.69. The van der Waals surface area contributed by atoms with Crippen molar-refractivity contribution in [2.24, 2.45) is 4.99 Å². The first kappa shape index (κ1) is 20.9. The molecule has 2 heterocycles. The minimum absolute atomic E-state index is 0. The number of nitrogens with zero attached hydrogens (tertiary/aromatic N) is 4. The molecular weight excluding hydrogens is 467 g/mol. The topological polar surface area (TPSA) is 76.4 Å². The summed E-state index contributed by atoms with van der Waals surface area (Å²) in [5, 5.41) is 12.0. The van der Waals surface area contributed by atoms with Crippen LogP contribution in [-0.2, 0) is 30.9 Å². The van der Waals surface area contributed by atoms with E-state index in [1.165, 1.54) is 0 Å². The normalized spacial score (nSPS) is 16.6. The summed E-state index contributed by atoms with van der Waals surface area (Å²) in [6, 6.07) is 8.05. The van der Waals surface area contributed by atoms with Crippen LogP contribution in [0.4, 0.5) is 0 Å². The lowest BCUT2D eigenvalue weighted by Crippen LogP contribution is -2.46. The maximum absolute atomic E-state index is 5.92. The van der Waals surface area contributed by atoms with Crippen molar-refractivity contribution in [2.45, 2.75) is 38.6 Å². The molecule has 1 aliphatic rings. The monoisotopic (exact) mass is 490 g/mol. The van der Waals surface area contributed by atoms with Crippen LogP contribution in [0.5, 0.6) is 0 Å². The van der Waals surface area contributed by atoms with Gasteiger partial charge in [0.05, 0.1) is 6.54 Å². The molecule has 0 spiro atoms. The van der Waals surface area contributed by atoms with Gasteiger partial charge >= 0.3 is 0 Å². The number of guanidine groups is 1. The van der Waals surface area contributed by atoms with Crippen molar-refractivity contribution in [1.82, 2.24) is 25.4 Å². The van der Waals surface area contributed by atoms with E-state index in [4.69, 9.17) is 16.3 Å². The number of fused-ring (bicyclic) bond motifs is 1. The van der Waals surface area contributed by atoms with Crippen LogP contribution in [0.3, 0.4) is 0 Å².